The molecule has 0 aromatic heterocycles. The molecule has 0 heterocycles. The van der Waals surface area contributed by atoms with E-state index in [1.54, 1.807) is 4.31 Å². The molecule has 3 saturated carbocycles. The van der Waals surface area contributed by atoms with E-state index < -0.39 is 10.0 Å². The van der Waals surface area contributed by atoms with Gasteiger partial charge in [0.25, 0.3) is 0 Å². The molecule has 0 saturated heterocycles. The summed E-state index contributed by atoms with van der Waals surface area (Å²) in [6.45, 7) is 4.09. The second-order valence-electron chi connectivity index (χ2n) is 7.32. The van der Waals surface area contributed by atoms with Gasteiger partial charge in [0, 0.05) is 19.1 Å². The standard InChI is InChI=1S/C16H30N2O2S/c1-3-18(21(2,19)20)9-5-8-17-16-11-12-10-15(16)14-7-4-6-13(12)14/h12-17H,3-11H2,1-2H3. The van der Waals surface area contributed by atoms with Crippen LogP contribution in [0.25, 0.3) is 0 Å². The molecule has 1 N–H and O–H groups in total. The molecule has 122 valence electrons. The van der Waals surface area contributed by atoms with Crippen molar-refractivity contribution >= 4 is 10.0 Å². The Morgan fingerprint density at radius 3 is 2.62 bits per heavy atom. The Balaban J connectivity index is 1.41. The summed E-state index contributed by atoms with van der Waals surface area (Å²) in [7, 11) is -3.03. The third-order valence-corrected chi connectivity index (χ3v) is 7.62. The molecule has 3 aliphatic carbocycles. The Morgan fingerprint density at radius 1 is 1.14 bits per heavy atom. The Kier molecular flexibility index (Phi) is 4.63. The number of fused-ring (bicyclic) bond motifs is 5. The minimum Gasteiger partial charge on any atom is -0.314 e. The number of rotatable bonds is 7. The zero-order valence-electron chi connectivity index (χ0n) is 13.4. The quantitative estimate of drug-likeness (QED) is 0.732. The largest absolute Gasteiger partial charge is 0.314 e. The normalized spacial score (nSPS) is 38.3. The molecule has 3 rings (SSSR count). The van der Waals surface area contributed by atoms with Crippen LogP contribution < -0.4 is 5.32 Å². The van der Waals surface area contributed by atoms with Crippen molar-refractivity contribution < 1.29 is 8.42 Å². The lowest BCUT2D eigenvalue weighted by Crippen LogP contribution is -2.40. The maximum Gasteiger partial charge on any atom is 0.211 e. The van der Waals surface area contributed by atoms with Crippen molar-refractivity contribution in [3.05, 3.63) is 0 Å². The van der Waals surface area contributed by atoms with Gasteiger partial charge < -0.3 is 5.32 Å². The summed E-state index contributed by atoms with van der Waals surface area (Å²) in [6, 6.07) is 0.711. The van der Waals surface area contributed by atoms with Gasteiger partial charge in [-0.1, -0.05) is 13.3 Å². The summed E-state index contributed by atoms with van der Waals surface area (Å²) < 4.78 is 24.7. The highest BCUT2D eigenvalue weighted by Gasteiger charge is 2.53. The maximum absolute atomic E-state index is 11.5. The number of hydrogen-bond acceptors (Lipinski definition) is 3. The minimum absolute atomic E-state index is 0.580. The molecule has 3 aliphatic rings. The molecule has 4 nitrogen and oxygen atoms in total. The van der Waals surface area contributed by atoms with Gasteiger partial charge in [0.15, 0.2) is 0 Å². The number of nitrogens with zero attached hydrogens (tertiary/aromatic N) is 1. The van der Waals surface area contributed by atoms with E-state index in [-0.39, 0.29) is 0 Å². The first-order valence-electron chi connectivity index (χ1n) is 8.69. The summed E-state index contributed by atoms with van der Waals surface area (Å²) in [5.41, 5.74) is 0. The number of sulfonamides is 1. The van der Waals surface area contributed by atoms with E-state index in [0.29, 0.717) is 19.1 Å². The number of nitrogens with one attached hydrogen (secondary N) is 1. The second-order valence-corrected chi connectivity index (χ2v) is 9.31. The molecule has 0 aliphatic heterocycles. The molecule has 5 heteroatoms. The molecule has 0 radical (unpaired) electrons. The van der Waals surface area contributed by atoms with E-state index in [2.05, 4.69) is 5.32 Å². The highest BCUT2D eigenvalue weighted by Crippen LogP contribution is 2.58. The summed E-state index contributed by atoms with van der Waals surface area (Å²) in [5, 5.41) is 3.74. The minimum atomic E-state index is -3.03. The molecule has 5 atom stereocenters. The first-order chi connectivity index (χ1) is 10.0. The van der Waals surface area contributed by atoms with Gasteiger partial charge in [-0.15, -0.1) is 0 Å². The van der Waals surface area contributed by atoms with Gasteiger partial charge in [-0.2, -0.15) is 0 Å². The fourth-order valence-electron chi connectivity index (χ4n) is 5.40. The molecule has 0 spiro atoms. The summed E-state index contributed by atoms with van der Waals surface area (Å²) >= 11 is 0. The van der Waals surface area contributed by atoms with Gasteiger partial charge in [-0.25, -0.2) is 12.7 Å². The van der Waals surface area contributed by atoms with E-state index in [1.165, 1.54) is 38.4 Å². The van der Waals surface area contributed by atoms with Gasteiger partial charge in [-0.3, -0.25) is 0 Å². The second kappa shape index (κ2) is 6.17. The lowest BCUT2D eigenvalue weighted by atomic mass is 9.79. The van der Waals surface area contributed by atoms with Gasteiger partial charge >= 0.3 is 0 Å². The van der Waals surface area contributed by atoms with E-state index >= 15 is 0 Å². The van der Waals surface area contributed by atoms with Gasteiger partial charge in [-0.05, 0) is 62.3 Å². The first-order valence-corrected chi connectivity index (χ1v) is 10.5. The van der Waals surface area contributed by atoms with Crippen LogP contribution in [0, 0.1) is 23.7 Å². The summed E-state index contributed by atoms with van der Waals surface area (Å²) in [4.78, 5) is 0. The Hall–Kier alpha value is -0.130. The fourth-order valence-corrected chi connectivity index (χ4v) is 6.33. The average Bonchev–Trinajstić information content (AvgIpc) is 3.09. The molecule has 0 amide bonds. The highest BCUT2D eigenvalue weighted by atomic mass is 32.2. The van der Waals surface area contributed by atoms with Crippen molar-refractivity contribution in [2.45, 2.75) is 51.5 Å². The van der Waals surface area contributed by atoms with Crippen molar-refractivity contribution in [1.29, 1.82) is 0 Å². The lowest BCUT2D eigenvalue weighted by Gasteiger charge is -2.32. The van der Waals surface area contributed by atoms with Crippen molar-refractivity contribution in [1.82, 2.24) is 9.62 Å². The van der Waals surface area contributed by atoms with Crippen LogP contribution >= 0.6 is 0 Å². The van der Waals surface area contributed by atoms with Crippen LogP contribution in [-0.2, 0) is 10.0 Å². The summed E-state index contributed by atoms with van der Waals surface area (Å²) in [6.07, 6.45) is 9.45. The van der Waals surface area contributed by atoms with Crippen molar-refractivity contribution in [2.75, 3.05) is 25.9 Å². The van der Waals surface area contributed by atoms with E-state index in [9.17, 15) is 8.42 Å². The van der Waals surface area contributed by atoms with Crippen LogP contribution in [0.4, 0.5) is 0 Å². The lowest BCUT2D eigenvalue weighted by molar-refractivity contribution is 0.208. The molecule has 0 aromatic rings. The molecule has 3 fully saturated rings. The summed E-state index contributed by atoms with van der Waals surface area (Å²) in [5.74, 6) is 3.96. The monoisotopic (exact) mass is 314 g/mol. The third kappa shape index (κ3) is 3.15. The van der Waals surface area contributed by atoms with E-state index in [4.69, 9.17) is 0 Å². The maximum atomic E-state index is 11.5. The van der Waals surface area contributed by atoms with E-state index in [0.717, 1.165) is 36.6 Å². The zero-order chi connectivity index (χ0) is 15.0. The van der Waals surface area contributed by atoms with Gasteiger partial charge in [0.2, 0.25) is 10.0 Å². The Labute approximate surface area is 129 Å². The van der Waals surface area contributed by atoms with Crippen LogP contribution in [0.3, 0.4) is 0 Å². The highest BCUT2D eigenvalue weighted by molar-refractivity contribution is 7.88. The van der Waals surface area contributed by atoms with Crippen molar-refractivity contribution in [3.63, 3.8) is 0 Å². The third-order valence-electron chi connectivity index (χ3n) is 6.24. The van der Waals surface area contributed by atoms with Crippen LogP contribution in [0.2, 0.25) is 0 Å². The molecule has 2 bridgehead atoms. The van der Waals surface area contributed by atoms with Crippen LogP contribution in [0.1, 0.15) is 45.4 Å². The van der Waals surface area contributed by atoms with Crippen LogP contribution in [-0.4, -0.2) is 44.7 Å². The molecule has 5 unspecified atom stereocenters. The van der Waals surface area contributed by atoms with Crippen molar-refractivity contribution in [2.24, 2.45) is 23.7 Å². The molecular weight excluding hydrogens is 284 g/mol. The smallest absolute Gasteiger partial charge is 0.211 e. The zero-order valence-corrected chi connectivity index (χ0v) is 14.2. The Morgan fingerprint density at radius 2 is 1.90 bits per heavy atom. The SMILES string of the molecule is CCN(CCCNC1CC2CC1C1CCCC21)S(C)(=O)=O. The number of hydrogen-bond donors (Lipinski definition) is 1. The predicted octanol–water partition coefficient (Wildman–Crippen LogP) is 2.07. The van der Waals surface area contributed by atoms with Gasteiger partial charge in [0.1, 0.15) is 0 Å². The van der Waals surface area contributed by atoms with Crippen LogP contribution in [0.5, 0.6) is 0 Å². The average molecular weight is 314 g/mol. The molecule has 21 heavy (non-hydrogen) atoms. The van der Waals surface area contributed by atoms with Gasteiger partial charge in [0.05, 0.1) is 6.26 Å². The van der Waals surface area contributed by atoms with Crippen molar-refractivity contribution in [3.8, 4) is 0 Å². The predicted molar refractivity (Wildman–Crippen MR) is 85.5 cm³/mol. The molecular formula is C16H30N2O2S. The first kappa shape index (κ1) is 15.8. The van der Waals surface area contributed by atoms with E-state index in [1.807, 2.05) is 6.92 Å². The molecule has 0 aromatic carbocycles. The topological polar surface area (TPSA) is 49.4 Å². The Bertz CT molecular complexity index is 465. The fraction of sp³-hybridized carbons (Fsp3) is 1.00. The van der Waals surface area contributed by atoms with Crippen LogP contribution in [0.15, 0.2) is 0 Å².